The summed E-state index contributed by atoms with van der Waals surface area (Å²) in [5, 5.41) is 20.7. The summed E-state index contributed by atoms with van der Waals surface area (Å²) < 4.78 is 5.27. The van der Waals surface area contributed by atoms with Crippen LogP contribution in [-0.2, 0) is 4.74 Å². The first kappa shape index (κ1) is 11.4. The molecular weight excluding hydrogens is 192 g/mol. The number of aliphatic hydroxyl groups excluding tert-OH is 1. The zero-order valence-corrected chi connectivity index (χ0v) is 9.32. The van der Waals surface area contributed by atoms with Crippen LogP contribution in [0, 0.1) is 5.92 Å². The maximum absolute atomic E-state index is 10.5. The fraction of sp³-hybridized carbons (Fsp3) is 1.00. The van der Waals surface area contributed by atoms with Crippen molar-refractivity contribution >= 4 is 0 Å². The molecular formula is C12H22O3. The van der Waals surface area contributed by atoms with Crippen molar-refractivity contribution in [2.75, 3.05) is 13.2 Å². The van der Waals surface area contributed by atoms with Crippen LogP contribution in [0.25, 0.3) is 0 Å². The van der Waals surface area contributed by atoms with E-state index in [9.17, 15) is 10.2 Å². The predicted octanol–water partition coefficient (Wildman–Crippen LogP) is 1.47. The Hall–Kier alpha value is -0.120. The van der Waals surface area contributed by atoms with Gasteiger partial charge in [0, 0.05) is 12.5 Å². The third-order valence-electron chi connectivity index (χ3n) is 3.93. The van der Waals surface area contributed by atoms with Crippen LogP contribution >= 0.6 is 0 Å². The van der Waals surface area contributed by atoms with E-state index < -0.39 is 11.7 Å². The summed E-state index contributed by atoms with van der Waals surface area (Å²) >= 11 is 0. The van der Waals surface area contributed by atoms with E-state index in [4.69, 9.17) is 4.74 Å². The molecule has 2 aliphatic rings. The quantitative estimate of drug-likeness (QED) is 0.684. The Balaban J connectivity index is 1.98. The van der Waals surface area contributed by atoms with E-state index >= 15 is 0 Å². The van der Waals surface area contributed by atoms with E-state index in [1.165, 1.54) is 12.8 Å². The van der Waals surface area contributed by atoms with E-state index in [0.717, 1.165) is 38.7 Å². The number of ether oxygens (including phenoxy) is 1. The molecule has 0 aromatic heterocycles. The van der Waals surface area contributed by atoms with E-state index in [1.54, 1.807) is 0 Å². The number of aliphatic hydroxyl groups is 2. The number of rotatable bonds is 2. The summed E-state index contributed by atoms with van der Waals surface area (Å²) in [6.07, 6.45) is 6.28. The van der Waals surface area contributed by atoms with Crippen molar-refractivity contribution in [3.63, 3.8) is 0 Å². The summed E-state index contributed by atoms with van der Waals surface area (Å²) in [5.74, 6) is 0.146. The zero-order chi connectivity index (χ0) is 10.7. The molecule has 1 heterocycles. The van der Waals surface area contributed by atoms with Crippen LogP contribution in [0.2, 0.25) is 0 Å². The third-order valence-corrected chi connectivity index (χ3v) is 3.93. The smallest absolute Gasteiger partial charge is 0.0909 e. The van der Waals surface area contributed by atoms with Crippen molar-refractivity contribution < 1.29 is 14.9 Å². The molecule has 2 rings (SSSR count). The van der Waals surface area contributed by atoms with Crippen LogP contribution < -0.4 is 0 Å². The zero-order valence-electron chi connectivity index (χ0n) is 9.32. The molecule has 15 heavy (non-hydrogen) atoms. The summed E-state index contributed by atoms with van der Waals surface area (Å²) in [7, 11) is 0. The normalized spacial score (nSPS) is 33.6. The molecule has 2 unspecified atom stereocenters. The standard InChI is InChI=1S/C12H22O3/c13-11(10-5-8-15-9-10)12(14)6-3-1-2-4-7-12/h10-11,13-14H,1-9H2. The van der Waals surface area contributed by atoms with Gasteiger partial charge in [0.15, 0.2) is 0 Å². The van der Waals surface area contributed by atoms with Gasteiger partial charge >= 0.3 is 0 Å². The maximum Gasteiger partial charge on any atom is 0.0909 e. The fourth-order valence-corrected chi connectivity index (χ4v) is 2.88. The molecule has 0 amide bonds. The van der Waals surface area contributed by atoms with E-state index in [-0.39, 0.29) is 5.92 Å². The molecule has 0 aromatic rings. The van der Waals surface area contributed by atoms with Gasteiger partial charge in [-0.3, -0.25) is 0 Å². The van der Waals surface area contributed by atoms with Gasteiger partial charge in [-0.15, -0.1) is 0 Å². The van der Waals surface area contributed by atoms with E-state index in [2.05, 4.69) is 0 Å². The van der Waals surface area contributed by atoms with Gasteiger partial charge in [0.2, 0.25) is 0 Å². The van der Waals surface area contributed by atoms with Crippen molar-refractivity contribution in [2.45, 2.75) is 56.7 Å². The molecule has 3 nitrogen and oxygen atoms in total. The van der Waals surface area contributed by atoms with Gasteiger partial charge < -0.3 is 14.9 Å². The van der Waals surface area contributed by atoms with Gasteiger partial charge in [0.1, 0.15) is 0 Å². The lowest BCUT2D eigenvalue weighted by Crippen LogP contribution is -2.46. The van der Waals surface area contributed by atoms with Gasteiger partial charge in [0.25, 0.3) is 0 Å². The number of hydrogen-bond donors (Lipinski definition) is 2. The summed E-state index contributed by atoms with van der Waals surface area (Å²) in [6.45, 7) is 1.35. The predicted molar refractivity (Wildman–Crippen MR) is 57.6 cm³/mol. The van der Waals surface area contributed by atoms with Gasteiger partial charge in [-0.25, -0.2) is 0 Å². The fourth-order valence-electron chi connectivity index (χ4n) is 2.88. The van der Waals surface area contributed by atoms with Crippen LogP contribution in [0.3, 0.4) is 0 Å². The highest BCUT2D eigenvalue weighted by atomic mass is 16.5. The van der Waals surface area contributed by atoms with Gasteiger partial charge in [-0.1, -0.05) is 25.7 Å². The molecule has 88 valence electrons. The Morgan fingerprint density at radius 1 is 1.13 bits per heavy atom. The first-order valence-corrected chi connectivity index (χ1v) is 6.20. The molecule has 1 saturated heterocycles. The van der Waals surface area contributed by atoms with Crippen LogP contribution in [0.15, 0.2) is 0 Å². The van der Waals surface area contributed by atoms with Gasteiger partial charge in [0.05, 0.1) is 18.3 Å². The van der Waals surface area contributed by atoms with Crippen molar-refractivity contribution in [2.24, 2.45) is 5.92 Å². The van der Waals surface area contributed by atoms with Crippen LogP contribution in [-0.4, -0.2) is 35.1 Å². The Kier molecular flexibility index (Phi) is 3.65. The monoisotopic (exact) mass is 214 g/mol. The number of hydrogen-bond acceptors (Lipinski definition) is 3. The lowest BCUT2D eigenvalue weighted by Gasteiger charge is -2.35. The summed E-state index contributed by atoms with van der Waals surface area (Å²) in [5.41, 5.74) is -0.838. The highest BCUT2D eigenvalue weighted by molar-refractivity contribution is 4.92. The maximum atomic E-state index is 10.5. The third kappa shape index (κ3) is 2.52. The molecule has 0 aromatic carbocycles. The lowest BCUT2D eigenvalue weighted by molar-refractivity contribution is -0.109. The molecule has 2 atom stereocenters. The Labute approximate surface area is 91.4 Å². The largest absolute Gasteiger partial charge is 0.390 e. The Morgan fingerprint density at radius 2 is 1.80 bits per heavy atom. The van der Waals surface area contributed by atoms with Crippen LogP contribution in [0.5, 0.6) is 0 Å². The van der Waals surface area contributed by atoms with Crippen molar-refractivity contribution in [1.82, 2.24) is 0 Å². The second-order valence-electron chi connectivity index (χ2n) is 5.09. The highest BCUT2D eigenvalue weighted by Gasteiger charge is 2.41. The molecule has 2 N–H and O–H groups in total. The second-order valence-corrected chi connectivity index (χ2v) is 5.09. The first-order valence-electron chi connectivity index (χ1n) is 6.20. The minimum atomic E-state index is -0.838. The molecule has 0 spiro atoms. The van der Waals surface area contributed by atoms with E-state index in [0.29, 0.717) is 6.61 Å². The average Bonchev–Trinajstić information content (AvgIpc) is 2.67. The molecule has 1 aliphatic heterocycles. The molecule has 3 heteroatoms. The molecule has 1 saturated carbocycles. The van der Waals surface area contributed by atoms with Crippen molar-refractivity contribution in [3.8, 4) is 0 Å². The van der Waals surface area contributed by atoms with E-state index in [1.807, 2.05) is 0 Å². The van der Waals surface area contributed by atoms with Crippen molar-refractivity contribution in [3.05, 3.63) is 0 Å². The Morgan fingerprint density at radius 3 is 2.33 bits per heavy atom. The average molecular weight is 214 g/mol. The van der Waals surface area contributed by atoms with Gasteiger partial charge in [-0.05, 0) is 19.3 Å². The highest BCUT2D eigenvalue weighted by Crippen LogP contribution is 2.34. The summed E-state index contributed by atoms with van der Waals surface area (Å²) in [6, 6.07) is 0. The van der Waals surface area contributed by atoms with Crippen molar-refractivity contribution in [1.29, 1.82) is 0 Å². The first-order chi connectivity index (χ1) is 7.22. The molecule has 0 radical (unpaired) electrons. The minimum Gasteiger partial charge on any atom is -0.390 e. The molecule has 1 aliphatic carbocycles. The minimum absolute atomic E-state index is 0.146. The van der Waals surface area contributed by atoms with Crippen LogP contribution in [0.1, 0.15) is 44.9 Å². The summed E-state index contributed by atoms with van der Waals surface area (Å²) in [4.78, 5) is 0. The SMILES string of the molecule is OC(C1CCOC1)C1(O)CCCCCC1. The molecule has 2 fully saturated rings. The topological polar surface area (TPSA) is 49.7 Å². The Bertz CT molecular complexity index is 191. The second kappa shape index (κ2) is 4.81. The molecule has 0 bridgehead atoms. The van der Waals surface area contributed by atoms with Crippen LogP contribution in [0.4, 0.5) is 0 Å². The van der Waals surface area contributed by atoms with Gasteiger partial charge in [-0.2, -0.15) is 0 Å². The lowest BCUT2D eigenvalue weighted by atomic mass is 9.81.